The van der Waals surface area contributed by atoms with Gasteiger partial charge in [-0.25, -0.2) is 9.37 Å². The van der Waals surface area contributed by atoms with Gasteiger partial charge >= 0.3 is 0 Å². The van der Waals surface area contributed by atoms with Crippen LogP contribution in [0, 0.1) is 5.82 Å². The molecule has 1 aromatic carbocycles. The number of aromatic nitrogens is 2. The molecule has 0 unspecified atom stereocenters. The Kier molecular flexibility index (Phi) is 2.76. The summed E-state index contributed by atoms with van der Waals surface area (Å²) in [5, 5.41) is 0.129. The first-order valence-corrected chi connectivity index (χ1v) is 6.15. The zero-order valence-electron chi connectivity index (χ0n) is 9.37. The van der Waals surface area contributed by atoms with E-state index in [0.29, 0.717) is 5.52 Å². The molecule has 1 aliphatic rings. The molecule has 1 fully saturated rings. The molecule has 1 aliphatic heterocycles. The third kappa shape index (κ3) is 1.91. The summed E-state index contributed by atoms with van der Waals surface area (Å²) in [6.07, 6.45) is 4.17. The lowest BCUT2D eigenvalue weighted by atomic mass is 10.3. The van der Waals surface area contributed by atoms with Gasteiger partial charge in [-0.15, -0.1) is 0 Å². The van der Waals surface area contributed by atoms with Gasteiger partial charge in [0.25, 0.3) is 0 Å². The van der Waals surface area contributed by atoms with Crippen LogP contribution in [0.4, 0.5) is 4.39 Å². The summed E-state index contributed by atoms with van der Waals surface area (Å²) < 4.78 is 15.7. The topological polar surface area (TPSA) is 21.1 Å². The third-order valence-corrected chi connectivity index (χ3v) is 3.53. The molecule has 1 saturated heterocycles. The SMILES string of the molecule is Fc1c(Cl)ccc2c1ncn2CN1CCCC1. The number of rotatable bonds is 2. The molecule has 0 N–H and O–H groups in total. The summed E-state index contributed by atoms with van der Waals surface area (Å²) in [6, 6.07) is 3.41. The van der Waals surface area contributed by atoms with Crippen LogP contribution in [0.2, 0.25) is 5.02 Å². The van der Waals surface area contributed by atoms with Crippen molar-refractivity contribution >= 4 is 22.6 Å². The van der Waals surface area contributed by atoms with Gasteiger partial charge in [0.15, 0.2) is 5.82 Å². The Balaban J connectivity index is 1.97. The monoisotopic (exact) mass is 253 g/mol. The lowest BCUT2D eigenvalue weighted by Gasteiger charge is -2.15. The van der Waals surface area contributed by atoms with Crippen molar-refractivity contribution in [3.63, 3.8) is 0 Å². The van der Waals surface area contributed by atoms with Gasteiger partial charge in [0.1, 0.15) is 5.52 Å². The molecule has 0 bridgehead atoms. The Morgan fingerprint density at radius 2 is 2.06 bits per heavy atom. The van der Waals surface area contributed by atoms with E-state index in [4.69, 9.17) is 11.6 Å². The molecule has 0 radical (unpaired) electrons. The standard InChI is InChI=1S/C12H13ClFN3/c13-9-3-4-10-12(11(9)14)15-7-17(10)8-16-5-1-2-6-16/h3-4,7H,1-2,5-6,8H2. The maximum atomic E-state index is 13.7. The van der Waals surface area contributed by atoms with Gasteiger partial charge < -0.3 is 4.57 Å². The van der Waals surface area contributed by atoms with E-state index < -0.39 is 5.82 Å². The van der Waals surface area contributed by atoms with Crippen LogP contribution < -0.4 is 0 Å². The van der Waals surface area contributed by atoms with Crippen molar-refractivity contribution in [1.82, 2.24) is 14.5 Å². The van der Waals surface area contributed by atoms with Gasteiger partial charge in [-0.05, 0) is 38.1 Å². The van der Waals surface area contributed by atoms with E-state index in [1.54, 1.807) is 12.4 Å². The molecule has 17 heavy (non-hydrogen) atoms. The van der Waals surface area contributed by atoms with Crippen molar-refractivity contribution in [2.45, 2.75) is 19.5 Å². The minimum Gasteiger partial charge on any atom is -0.317 e. The number of halogens is 2. The molecule has 5 heteroatoms. The highest BCUT2D eigenvalue weighted by molar-refractivity contribution is 6.31. The molecule has 0 aliphatic carbocycles. The normalized spacial score (nSPS) is 17.1. The van der Waals surface area contributed by atoms with Crippen LogP contribution >= 0.6 is 11.6 Å². The first kappa shape index (κ1) is 11.0. The lowest BCUT2D eigenvalue weighted by molar-refractivity contribution is 0.274. The Morgan fingerprint density at radius 3 is 2.82 bits per heavy atom. The molecule has 2 aromatic rings. The van der Waals surface area contributed by atoms with Crippen molar-refractivity contribution in [3.8, 4) is 0 Å². The van der Waals surface area contributed by atoms with E-state index in [-0.39, 0.29) is 5.02 Å². The summed E-state index contributed by atoms with van der Waals surface area (Å²) in [5.41, 5.74) is 1.16. The molecule has 0 atom stereocenters. The van der Waals surface area contributed by atoms with E-state index in [0.717, 1.165) is 25.3 Å². The first-order chi connectivity index (χ1) is 8.25. The van der Waals surface area contributed by atoms with Crippen LogP contribution in [-0.2, 0) is 6.67 Å². The second-order valence-corrected chi connectivity index (χ2v) is 4.82. The summed E-state index contributed by atoms with van der Waals surface area (Å²) in [6.45, 7) is 2.99. The smallest absolute Gasteiger partial charge is 0.169 e. The Labute approximate surface area is 104 Å². The quantitative estimate of drug-likeness (QED) is 0.821. The predicted molar refractivity (Wildman–Crippen MR) is 65.5 cm³/mol. The number of benzene rings is 1. The third-order valence-electron chi connectivity index (χ3n) is 3.23. The number of hydrogen-bond donors (Lipinski definition) is 0. The Hall–Kier alpha value is -1.13. The predicted octanol–water partition coefficient (Wildman–Crippen LogP) is 2.88. The molecular weight excluding hydrogens is 241 g/mol. The first-order valence-electron chi connectivity index (χ1n) is 5.77. The van der Waals surface area contributed by atoms with Crippen molar-refractivity contribution in [3.05, 3.63) is 29.3 Å². The fraction of sp³-hybridized carbons (Fsp3) is 0.417. The van der Waals surface area contributed by atoms with Gasteiger partial charge in [0, 0.05) is 0 Å². The lowest BCUT2D eigenvalue weighted by Crippen LogP contribution is -2.22. The Bertz CT molecular complexity index is 546. The maximum absolute atomic E-state index is 13.7. The van der Waals surface area contributed by atoms with Gasteiger partial charge in [0.05, 0.1) is 23.5 Å². The second kappa shape index (κ2) is 4.27. The van der Waals surface area contributed by atoms with Crippen molar-refractivity contribution in [2.75, 3.05) is 13.1 Å². The highest BCUT2D eigenvalue weighted by atomic mass is 35.5. The molecule has 90 valence electrons. The molecule has 0 spiro atoms. The number of likely N-dealkylation sites (tertiary alicyclic amines) is 1. The average molecular weight is 254 g/mol. The molecule has 1 aromatic heterocycles. The van der Waals surface area contributed by atoms with Crippen LogP contribution in [0.1, 0.15) is 12.8 Å². The molecule has 0 amide bonds. The van der Waals surface area contributed by atoms with Gasteiger partial charge in [-0.2, -0.15) is 0 Å². The van der Waals surface area contributed by atoms with Crippen molar-refractivity contribution in [1.29, 1.82) is 0 Å². The van der Waals surface area contributed by atoms with Crippen LogP contribution in [0.5, 0.6) is 0 Å². The fourth-order valence-corrected chi connectivity index (χ4v) is 2.48. The van der Waals surface area contributed by atoms with Crippen LogP contribution in [-0.4, -0.2) is 27.5 Å². The maximum Gasteiger partial charge on any atom is 0.169 e. The van der Waals surface area contributed by atoms with Crippen LogP contribution in [0.25, 0.3) is 11.0 Å². The fourth-order valence-electron chi connectivity index (χ4n) is 2.33. The highest BCUT2D eigenvalue weighted by Crippen LogP contribution is 2.24. The Morgan fingerprint density at radius 1 is 1.29 bits per heavy atom. The number of imidazole rings is 1. The number of hydrogen-bond acceptors (Lipinski definition) is 2. The molecule has 3 rings (SSSR count). The zero-order chi connectivity index (χ0) is 11.8. The van der Waals surface area contributed by atoms with Crippen molar-refractivity contribution < 1.29 is 4.39 Å². The largest absolute Gasteiger partial charge is 0.317 e. The molecule has 0 saturated carbocycles. The van der Waals surface area contributed by atoms with Gasteiger partial charge in [0.2, 0.25) is 0 Å². The average Bonchev–Trinajstić information content (AvgIpc) is 2.95. The van der Waals surface area contributed by atoms with Crippen LogP contribution in [0.15, 0.2) is 18.5 Å². The van der Waals surface area contributed by atoms with Crippen molar-refractivity contribution in [2.24, 2.45) is 0 Å². The zero-order valence-corrected chi connectivity index (χ0v) is 10.1. The van der Waals surface area contributed by atoms with E-state index in [9.17, 15) is 4.39 Å². The van der Waals surface area contributed by atoms with Crippen LogP contribution in [0.3, 0.4) is 0 Å². The second-order valence-electron chi connectivity index (χ2n) is 4.41. The number of fused-ring (bicyclic) bond motifs is 1. The van der Waals surface area contributed by atoms with E-state index in [2.05, 4.69) is 9.88 Å². The summed E-state index contributed by atoms with van der Waals surface area (Å²) in [7, 11) is 0. The minimum atomic E-state index is -0.427. The summed E-state index contributed by atoms with van der Waals surface area (Å²) >= 11 is 5.73. The van der Waals surface area contributed by atoms with E-state index >= 15 is 0 Å². The summed E-state index contributed by atoms with van der Waals surface area (Å²) in [5.74, 6) is -0.427. The molecule has 3 nitrogen and oxygen atoms in total. The van der Waals surface area contributed by atoms with E-state index in [1.807, 2.05) is 10.6 Å². The summed E-state index contributed by atoms with van der Waals surface area (Å²) in [4.78, 5) is 6.44. The molecular formula is C12H13ClFN3. The van der Waals surface area contributed by atoms with E-state index in [1.165, 1.54) is 12.8 Å². The number of nitrogens with zero attached hydrogens (tertiary/aromatic N) is 3. The highest BCUT2D eigenvalue weighted by Gasteiger charge is 2.15. The van der Waals surface area contributed by atoms with Gasteiger partial charge in [-0.1, -0.05) is 11.6 Å². The van der Waals surface area contributed by atoms with Gasteiger partial charge in [-0.3, -0.25) is 4.90 Å². The minimum absolute atomic E-state index is 0.129. The molecule has 2 heterocycles.